The van der Waals surface area contributed by atoms with Crippen molar-refractivity contribution in [3.05, 3.63) is 21.0 Å². The van der Waals surface area contributed by atoms with Crippen molar-refractivity contribution in [2.24, 2.45) is 0 Å². The zero-order chi connectivity index (χ0) is 13.5. The van der Waals surface area contributed by atoms with E-state index < -0.39 is 28.7 Å². The molecule has 1 aromatic rings. The van der Waals surface area contributed by atoms with Gasteiger partial charge in [0.15, 0.2) is 0 Å². The van der Waals surface area contributed by atoms with Gasteiger partial charge in [-0.25, -0.2) is 14.2 Å². The first-order valence-corrected chi connectivity index (χ1v) is 5.08. The van der Waals surface area contributed by atoms with Crippen LogP contribution in [0.4, 0.5) is 0 Å². The van der Waals surface area contributed by atoms with Crippen LogP contribution in [0, 0.1) is 0 Å². The quantitative estimate of drug-likeness (QED) is 0.634. The Kier molecular flexibility index (Phi) is 2.96. The van der Waals surface area contributed by atoms with E-state index in [1.165, 1.54) is 0 Å². The number of hydrogen-bond acceptors (Lipinski definition) is 4. The normalized spacial score (nSPS) is 11.6. The van der Waals surface area contributed by atoms with Crippen LogP contribution < -0.4 is 11.4 Å². The zero-order valence-electron chi connectivity index (χ0n) is 10.5. The molecule has 1 rings (SSSR count). The molecule has 0 aliphatic rings. The lowest BCUT2D eigenvalue weighted by molar-refractivity contribution is 0.0814. The fourth-order valence-electron chi connectivity index (χ4n) is 1.57. The van der Waals surface area contributed by atoms with Crippen LogP contribution >= 0.6 is 0 Å². The van der Waals surface area contributed by atoms with Crippen LogP contribution in [0.1, 0.15) is 44.2 Å². The lowest BCUT2D eigenvalue weighted by atomic mass is 10.1. The van der Waals surface area contributed by atoms with Crippen molar-refractivity contribution in [2.45, 2.75) is 40.2 Å². The predicted octanol–water partition coefficient (Wildman–Crippen LogP) is -0.113. The zero-order valence-corrected chi connectivity index (χ0v) is 10.5. The highest BCUT2D eigenvalue weighted by atomic mass is 16.2. The van der Waals surface area contributed by atoms with E-state index >= 15 is 0 Å². The van der Waals surface area contributed by atoms with Crippen molar-refractivity contribution < 1.29 is 9.59 Å². The minimum absolute atomic E-state index is 0.552. The van der Waals surface area contributed by atoms with Gasteiger partial charge in [-0.3, -0.25) is 9.59 Å². The SMILES string of the molecule is CC(=O)n1c(=O)n(C(C)(C)C)c(=O)n1C(C)=O. The summed E-state index contributed by atoms with van der Waals surface area (Å²) in [4.78, 5) is 46.5. The second-order valence-electron chi connectivity index (χ2n) is 4.73. The number of aromatic nitrogens is 3. The van der Waals surface area contributed by atoms with Crippen molar-refractivity contribution in [3.63, 3.8) is 0 Å². The van der Waals surface area contributed by atoms with Crippen molar-refractivity contribution >= 4 is 11.8 Å². The molecule has 0 amide bonds. The summed E-state index contributed by atoms with van der Waals surface area (Å²) >= 11 is 0. The maximum atomic E-state index is 11.9. The fourth-order valence-corrected chi connectivity index (χ4v) is 1.57. The maximum Gasteiger partial charge on any atom is 0.355 e. The van der Waals surface area contributed by atoms with Crippen LogP contribution in [0.3, 0.4) is 0 Å². The van der Waals surface area contributed by atoms with Crippen LogP contribution in [0.5, 0.6) is 0 Å². The van der Waals surface area contributed by atoms with Crippen molar-refractivity contribution in [1.82, 2.24) is 13.9 Å². The van der Waals surface area contributed by atoms with Gasteiger partial charge in [-0.2, -0.15) is 9.36 Å². The van der Waals surface area contributed by atoms with Crippen LogP contribution in [0.15, 0.2) is 9.59 Å². The Labute approximate surface area is 97.2 Å². The Hall–Kier alpha value is -1.92. The standard InChI is InChI=1S/C10H15N3O4/c1-6(14)12-8(16)11(10(3,4)5)9(17)13(12)7(2)15/h1-5H3. The fraction of sp³-hybridized carbons (Fsp3) is 0.600. The van der Waals surface area contributed by atoms with E-state index in [1.807, 2.05) is 0 Å². The molecule has 0 aliphatic heterocycles. The van der Waals surface area contributed by atoms with E-state index in [2.05, 4.69) is 0 Å². The second kappa shape index (κ2) is 3.83. The molecule has 0 saturated heterocycles. The van der Waals surface area contributed by atoms with Gasteiger partial charge in [-0.15, -0.1) is 0 Å². The van der Waals surface area contributed by atoms with Crippen molar-refractivity contribution in [3.8, 4) is 0 Å². The van der Waals surface area contributed by atoms with Gasteiger partial charge in [0.1, 0.15) is 0 Å². The minimum atomic E-state index is -0.801. The lowest BCUT2D eigenvalue weighted by Gasteiger charge is -2.16. The van der Waals surface area contributed by atoms with Gasteiger partial charge in [-0.05, 0) is 20.8 Å². The van der Waals surface area contributed by atoms with Crippen molar-refractivity contribution in [1.29, 1.82) is 0 Å². The largest absolute Gasteiger partial charge is 0.355 e. The number of nitrogens with zero attached hydrogens (tertiary/aromatic N) is 3. The van der Waals surface area contributed by atoms with Crippen molar-refractivity contribution in [2.75, 3.05) is 0 Å². The van der Waals surface area contributed by atoms with Crippen LogP contribution in [0.25, 0.3) is 0 Å². The van der Waals surface area contributed by atoms with Gasteiger partial charge in [0, 0.05) is 19.4 Å². The van der Waals surface area contributed by atoms with Crippen LogP contribution in [0.2, 0.25) is 0 Å². The molecule has 0 radical (unpaired) electrons. The highest BCUT2D eigenvalue weighted by Crippen LogP contribution is 2.07. The average Bonchev–Trinajstić information content (AvgIpc) is 2.35. The predicted molar refractivity (Wildman–Crippen MR) is 60.5 cm³/mol. The van der Waals surface area contributed by atoms with E-state index in [0.29, 0.717) is 9.36 Å². The first kappa shape index (κ1) is 13.1. The third-order valence-corrected chi connectivity index (χ3v) is 2.21. The molecule has 0 atom stereocenters. The minimum Gasteiger partial charge on any atom is -0.273 e. The molecular formula is C10H15N3O4. The van der Waals surface area contributed by atoms with E-state index in [4.69, 9.17) is 0 Å². The van der Waals surface area contributed by atoms with E-state index in [1.54, 1.807) is 20.8 Å². The second-order valence-corrected chi connectivity index (χ2v) is 4.73. The highest BCUT2D eigenvalue weighted by Gasteiger charge is 2.27. The lowest BCUT2D eigenvalue weighted by Crippen LogP contribution is -2.41. The summed E-state index contributed by atoms with van der Waals surface area (Å²) in [6.07, 6.45) is 0. The Bertz CT molecular complexity index is 549. The Balaban J connectivity index is 3.89. The molecule has 17 heavy (non-hydrogen) atoms. The molecule has 0 N–H and O–H groups in total. The Morgan fingerprint density at radius 1 is 0.882 bits per heavy atom. The molecule has 1 aromatic heterocycles. The molecule has 0 unspecified atom stereocenters. The van der Waals surface area contributed by atoms with E-state index in [0.717, 1.165) is 18.4 Å². The summed E-state index contributed by atoms with van der Waals surface area (Å²) in [5.74, 6) is -1.35. The van der Waals surface area contributed by atoms with Gasteiger partial charge in [0.25, 0.3) is 0 Å². The molecule has 0 aliphatic carbocycles. The third-order valence-electron chi connectivity index (χ3n) is 2.21. The summed E-state index contributed by atoms with van der Waals surface area (Å²) in [5, 5.41) is 0. The van der Waals surface area contributed by atoms with E-state index in [9.17, 15) is 19.2 Å². The van der Waals surface area contributed by atoms with Gasteiger partial charge in [-0.1, -0.05) is 0 Å². The first-order valence-electron chi connectivity index (χ1n) is 5.08. The molecular weight excluding hydrogens is 226 g/mol. The van der Waals surface area contributed by atoms with Crippen LogP contribution in [-0.4, -0.2) is 25.7 Å². The van der Waals surface area contributed by atoms with Gasteiger partial charge in [0.05, 0.1) is 0 Å². The molecule has 7 heteroatoms. The maximum absolute atomic E-state index is 11.9. The molecule has 1 heterocycles. The summed E-state index contributed by atoms with van der Waals surface area (Å²) in [5.41, 5.74) is -2.40. The van der Waals surface area contributed by atoms with Gasteiger partial charge < -0.3 is 0 Å². The molecule has 0 fully saturated rings. The molecule has 7 nitrogen and oxygen atoms in total. The Morgan fingerprint density at radius 3 is 1.35 bits per heavy atom. The molecule has 0 aromatic carbocycles. The Morgan fingerprint density at radius 2 is 1.18 bits per heavy atom. The van der Waals surface area contributed by atoms with E-state index in [-0.39, 0.29) is 0 Å². The summed E-state index contributed by atoms with van der Waals surface area (Å²) in [6.45, 7) is 7.17. The number of carbonyl (C=O) groups is 2. The molecule has 94 valence electrons. The number of hydrogen-bond donors (Lipinski definition) is 0. The first-order chi connectivity index (χ1) is 7.59. The monoisotopic (exact) mass is 241 g/mol. The smallest absolute Gasteiger partial charge is 0.273 e. The number of rotatable bonds is 0. The van der Waals surface area contributed by atoms with Gasteiger partial charge >= 0.3 is 11.4 Å². The summed E-state index contributed by atoms with van der Waals surface area (Å²) in [6, 6.07) is 0. The molecule has 0 spiro atoms. The molecule has 0 bridgehead atoms. The summed E-state index contributed by atoms with van der Waals surface area (Å²) < 4.78 is 1.99. The third kappa shape index (κ3) is 2.00. The summed E-state index contributed by atoms with van der Waals surface area (Å²) in [7, 11) is 0. The topological polar surface area (TPSA) is 83.1 Å². The highest BCUT2D eigenvalue weighted by molar-refractivity contribution is 5.81. The average molecular weight is 241 g/mol. The van der Waals surface area contributed by atoms with Gasteiger partial charge in [0.2, 0.25) is 11.8 Å². The number of carbonyl (C=O) groups excluding carboxylic acids is 2. The van der Waals surface area contributed by atoms with Crippen LogP contribution in [-0.2, 0) is 5.54 Å². The molecule has 0 saturated carbocycles.